The number of methoxy groups -OCH3 is 1. The first-order valence-corrected chi connectivity index (χ1v) is 6.22. The Balaban J connectivity index is 2.14. The number of hydrogen-bond donors (Lipinski definition) is 1. The summed E-state index contributed by atoms with van der Waals surface area (Å²) < 4.78 is 7.30. The molecule has 0 atom stereocenters. The maximum Gasteiger partial charge on any atom is 0.183 e. The highest BCUT2D eigenvalue weighted by molar-refractivity contribution is 5.65. The van der Waals surface area contributed by atoms with Gasteiger partial charge in [-0.1, -0.05) is 12.1 Å². The van der Waals surface area contributed by atoms with Crippen molar-refractivity contribution in [1.29, 1.82) is 5.26 Å². The molecule has 0 aliphatic carbocycles. The minimum Gasteiger partial charge on any atom is -0.497 e. The number of anilines is 1. The van der Waals surface area contributed by atoms with Crippen molar-refractivity contribution >= 4 is 5.82 Å². The smallest absolute Gasteiger partial charge is 0.183 e. The van der Waals surface area contributed by atoms with E-state index in [9.17, 15) is 0 Å². The van der Waals surface area contributed by atoms with Crippen molar-refractivity contribution < 1.29 is 4.74 Å². The SMILES string of the molecule is COc1cccc(-c2nc(C#N)c3n2CCCN3)c1. The van der Waals surface area contributed by atoms with Crippen LogP contribution in [0.2, 0.25) is 0 Å². The standard InChI is InChI=1S/C14H14N4O/c1-19-11-5-2-4-10(8-11)13-17-12(9-15)14-16-6-3-7-18(13)14/h2,4-5,8,16H,3,6-7H2,1H3. The molecule has 0 saturated heterocycles. The summed E-state index contributed by atoms with van der Waals surface area (Å²) in [6.45, 7) is 1.77. The highest BCUT2D eigenvalue weighted by atomic mass is 16.5. The minimum atomic E-state index is 0.456. The number of benzene rings is 1. The van der Waals surface area contributed by atoms with E-state index in [-0.39, 0.29) is 0 Å². The number of imidazole rings is 1. The number of nitrogens with one attached hydrogen (secondary N) is 1. The Morgan fingerprint density at radius 2 is 2.37 bits per heavy atom. The van der Waals surface area contributed by atoms with Crippen LogP contribution in [0.1, 0.15) is 12.1 Å². The molecule has 1 aliphatic rings. The fourth-order valence-corrected chi connectivity index (χ4v) is 2.35. The van der Waals surface area contributed by atoms with Crippen molar-refractivity contribution in [3.8, 4) is 23.2 Å². The third-order valence-corrected chi connectivity index (χ3v) is 3.25. The van der Waals surface area contributed by atoms with E-state index in [1.165, 1.54) is 0 Å². The number of nitrogens with zero attached hydrogens (tertiary/aromatic N) is 3. The molecule has 0 amide bonds. The lowest BCUT2D eigenvalue weighted by molar-refractivity contribution is 0.415. The topological polar surface area (TPSA) is 62.9 Å². The molecule has 0 unspecified atom stereocenters. The Kier molecular flexibility index (Phi) is 2.84. The Bertz CT molecular complexity index is 654. The lowest BCUT2D eigenvalue weighted by Gasteiger charge is -2.18. The summed E-state index contributed by atoms with van der Waals surface area (Å²) in [7, 11) is 1.64. The van der Waals surface area contributed by atoms with E-state index in [0.717, 1.165) is 42.5 Å². The molecule has 2 aromatic rings. The van der Waals surface area contributed by atoms with Crippen LogP contribution in [0.4, 0.5) is 5.82 Å². The van der Waals surface area contributed by atoms with E-state index in [2.05, 4.69) is 20.9 Å². The molecule has 1 aromatic heterocycles. The first-order chi connectivity index (χ1) is 9.33. The van der Waals surface area contributed by atoms with Crippen LogP contribution in [-0.2, 0) is 6.54 Å². The summed E-state index contributed by atoms with van der Waals surface area (Å²) in [5.74, 6) is 2.43. The van der Waals surface area contributed by atoms with Gasteiger partial charge in [-0.2, -0.15) is 5.26 Å². The Morgan fingerprint density at radius 3 is 3.16 bits per heavy atom. The van der Waals surface area contributed by atoms with Gasteiger partial charge >= 0.3 is 0 Å². The molecule has 0 bridgehead atoms. The average molecular weight is 254 g/mol. The van der Waals surface area contributed by atoms with Gasteiger partial charge in [-0.25, -0.2) is 4.98 Å². The monoisotopic (exact) mass is 254 g/mol. The van der Waals surface area contributed by atoms with Crippen LogP contribution in [0, 0.1) is 11.3 Å². The fourth-order valence-electron chi connectivity index (χ4n) is 2.35. The fraction of sp³-hybridized carbons (Fsp3) is 0.286. The number of nitriles is 1. The summed E-state index contributed by atoms with van der Waals surface area (Å²) in [5.41, 5.74) is 1.42. The third kappa shape index (κ3) is 1.91. The predicted molar refractivity (Wildman–Crippen MR) is 72.0 cm³/mol. The third-order valence-electron chi connectivity index (χ3n) is 3.25. The predicted octanol–water partition coefficient (Wildman–Crippen LogP) is 2.25. The van der Waals surface area contributed by atoms with Gasteiger partial charge < -0.3 is 14.6 Å². The highest BCUT2D eigenvalue weighted by Gasteiger charge is 2.20. The maximum absolute atomic E-state index is 9.16. The van der Waals surface area contributed by atoms with Gasteiger partial charge in [0.1, 0.15) is 23.5 Å². The second kappa shape index (κ2) is 4.65. The van der Waals surface area contributed by atoms with Crippen LogP contribution in [0.15, 0.2) is 24.3 Å². The molecule has 3 rings (SSSR count). The van der Waals surface area contributed by atoms with Crippen molar-refractivity contribution in [2.75, 3.05) is 19.0 Å². The van der Waals surface area contributed by atoms with E-state index in [4.69, 9.17) is 10.00 Å². The average Bonchev–Trinajstić information content (AvgIpc) is 2.86. The molecule has 1 aliphatic heterocycles. The van der Waals surface area contributed by atoms with E-state index in [1.807, 2.05) is 24.3 Å². The van der Waals surface area contributed by atoms with Crippen molar-refractivity contribution in [2.45, 2.75) is 13.0 Å². The molecule has 96 valence electrons. The second-order valence-electron chi connectivity index (χ2n) is 4.41. The number of aromatic nitrogens is 2. The summed E-state index contributed by atoms with van der Waals surface area (Å²) in [5, 5.41) is 12.4. The highest BCUT2D eigenvalue weighted by Crippen LogP contribution is 2.30. The van der Waals surface area contributed by atoms with Crippen molar-refractivity contribution in [2.24, 2.45) is 0 Å². The summed E-state index contributed by atoms with van der Waals surface area (Å²) in [6.07, 6.45) is 1.03. The van der Waals surface area contributed by atoms with Crippen molar-refractivity contribution in [3.63, 3.8) is 0 Å². The van der Waals surface area contributed by atoms with Gasteiger partial charge in [-0.15, -0.1) is 0 Å². The van der Waals surface area contributed by atoms with E-state index >= 15 is 0 Å². The normalized spacial score (nSPS) is 13.3. The van der Waals surface area contributed by atoms with Gasteiger partial charge in [-0.3, -0.25) is 0 Å². The van der Waals surface area contributed by atoms with Crippen LogP contribution in [0.25, 0.3) is 11.4 Å². The zero-order valence-corrected chi connectivity index (χ0v) is 10.7. The number of hydrogen-bond acceptors (Lipinski definition) is 4. The Hall–Kier alpha value is -2.48. The molecule has 2 heterocycles. The summed E-state index contributed by atoms with van der Waals surface area (Å²) >= 11 is 0. The number of rotatable bonds is 2. The minimum absolute atomic E-state index is 0.456. The number of ether oxygens (including phenoxy) is 1. The van der Waals surface area contributed by atoms with Gasteiger partial charge in [0.15, 0.2) is 5.69 Å². The lowest BCUT2D eigenvalue weighted by atomic mass is 10.2. The molecular formula is C14H14N4O. The van der Waals surface area contributed by atoms with Gasteiger partial charge in [0, 0.05) is 18.7 Å². The molecule has 19 heavy (non-hydrogen) atoms. The quantitative estimate of drug-likeness (QED) is 0.892. The van der Waals surface area contributed by atoms with E-state index in [1.54, 1.807) is 7.11 Å². The van der Waals surface area contributed by atoms with Gasteiger partial charge in [0.25, 0.3) is 0 Å². The van der Waals surface area contributed by atoms with Crippen LogP contribution in [0.3, 0.4) is 0 Å². The zero-order valence-electron chi connectivity index (χ0n) is 10.7. The Labute approximate surface area is 111 Å². The van der Waals surface area contributed by atoms with Crippen molar-refractivity contribution in [3.05, 3.63) is 30.0 Å². The molecule has 1 N–H and O–H groups in total. The molecule has 0 fully saturated rings. The lowest BCUT2D eigenvalue weighted by Crippen LogP contribution is -2.17. The van der Waals surface area contributed by atoms with Crippen LogP contribution < -0.4 is 10.1 Å². The molecule has 0 radical (unpaired) electrons. The summed E-state index contributed by atoms with van der Waals surface area (Å²) in [6, 6.07) is 9.89. The molecule has 0 saturated carbocycles. The Morgan fingerprint density at radius 1 is 1.47 bits per heavy atom. The van der Waals surface area contributed by atoms with E-state index in [0.29, 0.717) is 5.69 Å². The molecule has 1 aromatic carbocycles. The van der Waals surface area contributed by atoms with Crippen LogP contribution >= 0.6 is 0 Å². The zero-order chi connectivity index (χ0) is 13.2. The van der Waals surface area contributed by atoms with Gasteiger partial charge in [-0.05, 0) is 18.6 Å². The molecule has 0 spiro atoms. The molecule has 5 heteroatoms. The first kappa shape index (κ1) is 11.6. The second-order valence-corrected chi connectivity index (χ2v) is 4.41. The first-order valence-electron chi connectivity index (χ1n) is 6.22. The van der Waals surface area contributed by atoms with Gasteiger partial charge in [0.05, 0.1) is 7.11 Å². The van der Waals surface area contributed by atoms with Gasteiger partial charge in [0.2, 0.25) is 0 Å². The molecular weight excluding hydrogens is 240 g/mol. The van der Waals surface area contributed by atoms with Crippen LogP contribution in [0.5, 0.6) is 5.75 Å². The summed E-state index contributed by atoms with van der Waals surface area (Å²) in [4.78, 5) is 4.44. The van der Waals surface area contributed by atoms with Crippen molar-refractivity contribution in [1.82, 2.24) is 9.55 Å². The van der Waals surface area contributed by atoms with E-state index < -0.39 is 0 Å². The molecule has 5 nitrogen and oxygen atoms in total. The largest absolute Gasteiger partial charge is 0.497 e. The number of fused-ring (bicyclic) bond motifs is 1. The maximum atomic E-state index is 9.16. The van der Waals surface area contributed by atoms with Crippen LogP contribution in [-0.4, -0.2) is 23.2 Å².